The summed E-state index contributed by atoms with van der Waals surface area (Å²) in [7, 11) is 1.44. The fraction of sp³-hybridized carbons (Fsp3) is 0.462. The molecule has 0 bridgehead atoms. The summed E-state index contributed by atoms with van der Waals surface area (Å²) in [5.74, 6) is 0.669. The molecule has 0 aliphatic carbocycles. The minimum Gasteiger partial charge on any atom is -0.467 e. The van der Waals surface area contributed by atoms with Gasteiger partial charge in [0.25, 0.3) is 0 Å². The van der Waals surface area contributed by atoms with Crippen molar-refractivity contribution in [3.05, 3.63) is 17.8 Å². The zero-order valence-corrected chi connectivity index (χ0v) is 11.5. The molecule has 0 radical (unpaired) electrons. The molecule has 1 atom stereocenters. The van der Waals surface area contributed by atoms with E-state index in [-0.39, 0.29) is 12.0 Å². The highest BCUT2D eigenvalue weighted by atomic mass is 32.1. The van der Waals surface area contributed by atoms with Gasteiger partial charge < -0.3 is 9.64 Å². The second-order valence-electron chi connectivity index (χ2n) is 4.56. The van der Waals surface area contributed by atoms with E-state index in [0.717, 1.165) is 41.8 Å². The van der Waals surface area contributed by atoms with Crippen molar-refractivity contribution >= 4 is 33.3 Å². The number of fused-ring (bicyclic) bond motifs is 1. The van der Waals surface area contributed by atoms with Crippen LogP contribution in [0.2, 0.25) is 0 Å². The van der Waals surface area contributed by atoms with Crippen LogP contribution in [0.3, 0.4) is 0 Å². The number of carbonyl (C=O) groups is 1. The van der Waals surface area contributed by atoms with Gasteiger partial charge in [-0.3, -0.25) is 0 Å². The van der Waals surface area contributed by atoms with E-state index in [9.17, 15) is 4.79 Å². The summed E-state index contributed by atoms with van der Waals surface area (Å²) in [6.45, 7) is 0.835. The van der Waals surface area contributed by atoms with E-state index in [1.54, 1.807) is 17.7 Å². The zero-order chi connectivity index (χ0) is 13.2. The van der Waals surface area contributed by atoms with Crippen molar-refractivity contribution in [2.45, 2.75) is 25.3 Å². The Kier molecular flexibility index (Phi) is 3.33. The number of carbonyl (C=O) groups excluding carboxylic acids is 1. The van der Waals surface area contributed by atoms with E-state index in [0.29, 0.717) is 0 Å². The van der Waals surface area contributed by atoms with Crippen LogP contribution in [0, 0.1) is 0 Å². The Morgan fingerprint density at radius 2 is 2.37 bits per heavy atom. The van der Waals surface area contributed by atoms with Crippen molar-refractivity contribution in [2.75, 3.05) is 18.6 Å². The van der Waals surface area contributed by atoms with Crippen LogP contribution in [0.4, 0.5) is 5.82 Å². The van der Waals surface area contributed by atoms with E-state index in [4.69, 9.17) is 4.74 Å². The topological polar surface area (TPSA) is 55.3 Å². The highest BCUT2D eigenvalue weighted by Crippen LogP contribution is 2.31. The molecule has 5 nitrogen and oxygen atoms in total. The fourth-order valence-corrected chi connectivity index (χ4v) is 3.30. The van der Waals surface area contributed by atoms with Crippen molar-refractivity contribution < 1.29 is 9.53 Å². The van der Waals surface area contributed by atoms with Crippen LogP contribution in [0.15, 0.2) is 17.8 Å². The molecule has 3 heterocycles. The number of anilines is 1. The molecule has 6 heteroatoms. The molecule has 100 valence electrons. The van der Waals surface area contributed by atoms with Gasteiger partial charge in [0.2, 0.25) is 0 Å². The van der Waals surface area contributed by atoms with Gasteiger partial charge in [-0.25, -0.2) is 14.8 Å². The Labute approximate surface area is 115 Å². The first-order valence-corrected chi connectivity index (χ1v) is 7.22. The summed E-state index contributed by atoms with van der Waals surface area (Å²) in [5, 5.41) is 3.02. The number of esters is 1. The van der Waals surface area contributed by atoms with Crippen molar-refractivity contribution in [3.8, 4) is 0 Å². The molecule has 0 spiro atoms. The molecule has 0 N–H and O–H groups in total. The van der Waals surface area contributed by atoms with Gasteiger partial charge in [0, 0.05) is 6.54 Å². The van der Waals surface area contributed by atoms with Gasteiger partial charge >= 0.3 is 5.97 Å². The number of nitrogens with zero attached hydrogens (tertiary/aromatic N) is 3. The first-order chi connectivity index (χ1) is 9.31. The highest BCUT2D eigenvalue weighted by molar-refractivity contribution is 7.16. The van der Waals surface area contributed by atoms with Crippen molar-refractivity contribution in [3.63, 3.8) is 0 Å². The number of aromatic nitrogens is 2. The minimum absolute atomic E-state index is 0.179. The molecule has 1 saturated heterocycles. The third-order valence-corrected chi connectivity index (χ3v) is 4.31. The maximum Gasteiger partial charge on any atom is 0.328 e. The SMILES string of the molecule is COC(=O)C1CCCCN1c1ncnc2sccc12. The predicted octanol–water partition coefficient (Wildman–Crippen LogP) is 2.22. The Morgan fingerprint density at radius 3 is 3.21 bits per heavy atom. The number of ether oxygens (including phenoxy) is 1. The largest absolute Gasteiger partial charge is 0.467 e. The molecule has 1 aliphatic rings. The molecule has 2 aromatic rings. The molecule has 1 fully saturated rings. The van der Waals surface area contributed by atoms with Gasteiger partial charge in [-0.2, -0.15) is 0 Å². The molecule has 1 aliphatic heterocycles. The lowest BCUT2D eigenvalue weighted by atomic mass is 10.0. The van der Waals surface area contributed by atoms with E-state index >= 15 is 0 Å². The second-order valence-corrected chi connectivity index (χ2v) is 5.46. The number of piperidine rings is 1. The fourth-order valence-electron chi connectivity index (χ4n) is 2.57. The average molecular weight is 277 g/mol. The first-order valence-electron chi connectivity index (χ1n) is 6.34. The van der Waals surface area contributed by atoms with E-state index in [1.165, 1.54) is 7.11 Å². The van der Waals surface area contributed by atoms with Gasteiger partial charge in [0.15, 0.2) is 0 Å². The van der Waals surface area contributed by atoms with Crippen molar-refractivity contribution in [1.29, 1.82) is 0 Å². The first kappa shape index (κ1) is 12.3. The van der Waals surface area contributed by atoms with Crippen LogP contribution in [-0.2, 0) is 9.53 Å². The number of rotatable bonds is 2. The van der Waals surface area contributed by atoms with Crippen LogP contribution in [0.5, 0.6) is 0 Å². The molecule has 1 unspecified atom stereocenters. The lowest BCUT2D eigenvalue weighted by Crippen LogP contribution is -2.45. The molecule has 19 heavy (non-hydrogen) atoms. The monoisotopic (exact) mass is 277 g/mol. The van der Waals surface area contributed by atoms with Crippen LogP contribution < -0.4 is 4.90 Å². The molecule has 2 aromatic heterocycles. The minimum atomic E-state index is -0.225. The summed E-state index contributed by atoms with van der Waals surface area (Å²) in [4.78, 5) is 23.6. The van der Waals surface area contributed by atoms with Gasteiger partial charge in [-0.1, -0.05) is 0 Å². The quantitative estimate of drug-likeness (QED) is 0.788. The van der Waals surface area contributed by atoms with Gasteiger partial charge in [-0.05, 0) is 30.7 Å². The van der Waals surface area contributed by atoms with Crippen LogP contribution in [-0.4, -0.2) is 35.6 Å². The molecule has 3 rings (SSSR count). The van der Waals surface area contributed by atoms with Crippen molar-refractivity contribution in [2.24, 2.45) is 0 Å². The highest BCUT2D eigenvalue weighted by Gasteiger charge is 2.31. The van der Waals surface area contributed by atoms with Crippen LogP contribution in [0.1, 0.15) is 19.3 Å². The zero-order valence-electron chi connectivity index (χ0n) is 10.7. The van der Waals surface area contributed by atoms with Gasteiger partial charge in [-0.15, -0.1) is 11.3 Å². The Hall–Kier alpha value is -1.69. The maximum absolute atomic E-state index is 11.9. The molecule has 0 aromatic carbocycles. The lowest BCUT2D eigenvalue weighted by molar-refractivity contribution is -0.142. The molecule has 0 saturated carbocycles. The molecular weight excluding hydrogens is 262 g/mol. The number of thiophene rings is 1. The summed E-state index contributed by atoms with van der Waals surface area (Å²) < 4.78 is 4.91. The van der Waals surface area contributed by atoms with Gasteiger partial charge in [0.05, 0.1) is 12.5 Å². The van der Waals surface area contributed by atoms with Gasteiger partial charge in [0.1, 0.15) is 23.0 Å². The number of methoxy groups -OCH3 is 1. The Balaban J connectivity index is 2.02. The Morgan fingerprint density at radius 1 is 1.47 bits per heavy atom. The van der Waals surface area contributed by atoms with E-state index in [2.05, 4.69) is 14.9 Å². The summed E-state index contributed by atoms with van der Waals surface area (Å²) in [6.07, 6.45) is 4.51. The maximum atomic E-state index is 11.9. The third-order valence-electron chi connectivity index (χ3n) is 3.49. The third kappa shape index (κ3) is 2.16. The van der Waals surface area contributed by atoms with Crippen LogP contribution >= 0.6 is 11.3 Å². The van der Waals surface area contributed by atoms with E-state index in [1.807, 2.05) is 11.4 Å². The second kappa shape index (κ2) is 5.13. The predicted molar refractivity (Wildman–Crippen MR) is 74.4 cm³/mol. The smallest absolute Gasteiger partial charge is 0.328 e. The Bertz CT molecular complexity index is 598. The standard InChI is InChI=1S/C13H15N3O2S/c1-18-13(17)10-4-2-3-6-16(10)11-9-5-7-19-12(9)15-8-14-11/h5,7-8,10H,2-4,6H2,1H3. The van der Waals surface area contributed by atoms with Crippen molar-refractivity contribution in [1.82, 2.24) is 9.97 Å². The normalized spacial score (nSPS) is 19.6. The molecular formula is C13H15N3O2S. The summed E-state index contributed by atoms with van der Waals surface area (Å²) in [5.41, 5.74) is 0. The molecule has 0 amide bonds. The lowest BCUT2D eigenvalue weighted by Gasteiger charge is -2.34. The van der Waals surface area contributed by atoms with Crippen LogP contribution in [0.25, 0.3) is 10.2 Å². The van der Waals surface area contributed by atoms with E-state index < -0.39 is 0 Å². The average Bonchev–Trinajstić information content (AvgIpc) is 2.94. The number of hydrogen-bond acceptors (Lipinski definition) is 6. The summed E-state index contributed by atoms with van der Waals surface area (Å²) >= 11 is 1.59. The summed E-state index contributed by atoms with van der Waals surface area (Å²) in [6, 6.07) is 1.79. The number of hydrogen-bond donors (Lipinski definition) is 0.